The van der Waals surface area contributed by atoms with Crippen molar-refractivity contribution in [3.05, 3.63) is 59.4 Å². The van der Waals surface area contributed by atoms with E-state index < -0.39 is 0 Å². The van der Waals surface area contributed by atoms with Crippen molar-refractivity contribution in [1.29, 1.82) is 0 Å². The van der Waals surface area contributed by atoms with Crippen molar-refractivity contribution in [2.24, 2.45) is 5.41 Å². The standard InChI is InChI=1S/C23H25N3O2/c1-22(2)20-12-15-16(5-4-6-19(15)27)23(22,3)9-10-26(20)21(28)14-7-8-17-18(11-14)25-13-24-17/h4-8,11,13,20,27H,9-10,12H2,1-3H3,(H,24,25)/t20-,23?/m1/s1. The number of imidazole rings is 1. The first-order valence-corrected chi connectivity index (χ1v) is 9.88. The van der Waals surface area contributed by atoms with Crippen LogP contribution in [0.1, 0.15) is 48.7 Å². The molecule has 1 fully saturated rings. The van der Waals surface area contributed by atoms with E-state index in [4.69, 9.17) is 0 Å². The van der Waals surface area contributed by atoms with Crippen molar-refractivity contribution in [1.82, 2.24) is 14.9 Å². The highest BCUT2D eigenvalue weighted by molar-refractivity contribution is 5.97. The van der Waals surface area contributed by atoms with Crippen LogP contribution in [0.15, 0.2) is 42.7 Å². The second-order valence-corrected chi connectivity index (χ2v) is 8.96. The van der Waals surface area contributed by atoms with Crippen LogP contribution in [-0.4, -0.2) is 38.5 Å². The molecule has 2 N–H and O–H groups in total. The Kier molecular flexibility index (Phi) is 3.46. The number of piperidine rings is 1. The Morgan fingerprint density at radius 2 is 2.07 bits per heavy atom. The van der Waals surface area contributed by atoms with E-state index in [0.717, 1.165) is 29.6 Å². The molecule has 0 saturated carbocycles. The Morgan fingerprint density at radius 3 is 2.89 bits per heavy atom. The summed E-state index contributed by atoms with van der Waals surface area (Å²) in [5.74, 6) is 0.396. The molecule has 28 heavy (non-hydrogen) atoms. The van der Waals surface area contributed by atoms with Gasteiger partial charge in [-0.05, 0) is 53.6 Å². The number of likely N-dealkylation sites (tertiary alicyclic amines) is 1. The van der Waals surface area contributed by atoms with Crippen LogP contribution in [-0.2, 0) is 11.8 Å². The molecule has 2 aliphatic rings. The number of phenolic OH excluding ortho intramolecular Hbond substituents is 1. The number of carbonyl (C=O) groups is 1. The van der Waals surface area contributed by atoms with Crippen LogP contribution >= 0.6 is 0 Å². The van der Waals surface area contributed by atoms with Crippen molar-refractivity contribution in [2.45, 2.75) is 45.1 Å². The number of hydrogen-bond acceptors (Lipinski definition) is 3. The van der Waals surface area contributed by atoms with Gasteiger partial charge in [-0.3, -0.25) is 4.79 Å². The lowest BCUT2D eigenvalue weighted by Crippen LogP contribution is -2.64. The summed E-state index contributed by atoms with van der Waals surface area (Å²) in [5.41, 5.74) is 4.47. The molecule has 1 aliphatic heterocycles. The van der Waals surface area contributed by atoms with Gasteiger partial charge in [-0.2, -0.15) is 0 Å². The van der Waals surface area contributed by atoms with E-state index in [0.29, 0.717) is 17.7 Å². The number of hydrogen-bond donors (Lipinski definition) is 2. The second-order valence-electron chi connectivity index (χ2n) is 8.96. The third kappa shape index (κ3) is 2.13. The Morgan fingerprint density at radius 1 is 1.25 bits per heavy atom. The summed E-state index contributed by atoms with van der Waals surface area (Å²) in [6.07, 6.45) is 3.21. The summed E-state index contributed by atoms with van der Waals surface area (Å²) in [5, 5.41) is 10.5. The summed E-state index contributed by atoms with van der Waals surface area (Å²) in [7, 11) is 0. The van der Waals surface area contributed by atoms with Gasteiger partial charge in [0, 0.05) is 23.6 Å². The highest BCUT2D eigenvalue weighted by Crippen LogP contribution is 2.57. The molecule has 3 aromatic rings. The van der Waals surface area contributed by atoms with Gasteiger partial charge in [0.25, 0.3) is 5.91 Å². The quantitative estimate of drug-likeness (QED) is 0.675. The molecule has 1 saturated heterocycles. The Balaban J connectivity index is 1.58. The summed E-state index contributed by atoms with van der Waals surface area (Å²) in [6.45, 7) is 7.54. The van der Waals surface area contributed by atoms with Gasteiger partial charge in [0.15, 0.2) is 0 Å². The van der Waals surface area contributed by atoms with E-state index in [-0.39, 0.29) is 22.8 Å². The number of rotatable bonds is 1. The maximum atomic E-state index is 13.5. The van der Waals surface area contributed by atoms with Crippen molar-refractivity contribution < 1.29 is 9.90 Å². The maximum Gasteiger partial charge on any atom is 0.254 e. The average molecular weight is 375 g/mol. The molecule has 144 valence electrons. The van der Waals surface area contributed by atoms with Crippen LogP contribution in [0.5, 0.6) is 5.75 Å². The number of aromatic nitrogens is 2. The minimum Gasteiger partial charge on any atom is -0.508 e. The zero-order valence-electron chi connectivity index (χ0n) is 16.5. The number of H-pyrrole nitrogens is 1. The Bertz CT molecular complexity index is 1100. The molecule has 2 heterocycles. The van der Waals surface area contributed by atoms with E-state index in [2.05, 4.69) is 36.8 Å². The second kappa shape index (κ2) is 5.60. The van der Waals surface area contributed by atoms with Gasteiger partial charge in [0.1, 0.15) is 5.75 Å². The molecular weight excluding hydrogens is 350 g/mol. The van der Waals surface area contributed by atoms with Gasteiger partial charge in [-0.1, -0.05) is 32.9 Å². The Hall–Kier alpha value is -2.82. The van der Waals surface area contributed by atoms with E-state index in [1.165, 1.54) is 5.56 Å². The topological polar surface area (TPSA) is 69.2 Å². The van der Waals surface area contributed by atoms with Crippen molar-refractivity contribution >= 4 is 16.9 Å². The van der Waals surface area contributed by atoms with Crippen LogP contribution in [0.2, 0.25) is 0 Å². The highest BCUT2D eigenvalue weighted by atomic mass is 16.3. The first-order chi connectivity index (χ1) is 13.3. The van der Waals surface area contributed by atoms with E-state index in [9.17, 15) is 9.90 Å². The number of carbonyl (C=O) groups excluding carboxylic acids is 1. The molecule has 0 radical (unpaired) electrons. The number of nitrogens with zero attached hydrogens (tertiary/aromatic N) is 2. The summed E-state index contributed by atoms with van der Waals surface area (Å²) >= 11 is 0. The molecule has 5 heteroatoms. The number of phenols is 1. The average Bonchev–Trinajstić information content (AvgIpc) is 3.12. The Labute approximate surface area is 164 Å². The fourth-order valence-corrected chi connectivity index (χ4v) is 5.40. The number of fused-ring (bicyclic) bond motifs is 5. The lowest BCUT2D eigenvalue weighted by atomic mass is 9.51. The zero-order valence-corrected chi connectivity index (χ0v) is 16.5. The molecule has 1 aromatic heterocycles. The van der Waals surface area contributed by atoms with Gasteiger partial charge in [0.2, 0.25) is 0 Å². The normalized spacial score (nSPS) is 25.5. The van der Waals surface area contributed by atoms with Crippen molar-refractivity contribution in [3.8, 4) is 5.75 Å². The van der Waals surface area contributed by atoms with Gasteiger partial charge >= 0.3 is 0 Å². The molecule has 0 spiro atoms. The number of amides is 1. The maximum absolute atomic E-state index is 13.5. The third-order valence-electron chi connectivity index (χ3n) is 7.56. The van der Waals surface area contributed by atoms with E-state index in [1.54, 1.807) is 12.4 Å². The predicted molar refractivity (Wildman–Crippen MR) is 108 cm³/mol. The minimum absolute atomic E-state index is 0.0389. The monoisotopic (exact) mass is 375 g/mol. The molecular formula is C23H25N3O2. The SMILES string of the molecule is CC12CCN(C(=O)c3ccc4nc[nH]c4c3)[C@H](Cc3c(O)cccc31)C2(C)C. The molecule has 5 nitrogen and oxygen atoms in total. The highest BCUT2D eigenvalue weighted by Gasteiger charge is 2.57. The van der Waals surface area contributed by atoms with Gasteiger partial charge in [-0.25, -0.2) is 4.98 Å². The lowest BCUT2D eigenvalue weighted by molar-refractivity contribution is -0.0266. The fourth-order valence-electron chi connectivity index (χ4n) is 5.40. The van der Waals surface area contributed by atoms with Crippen LogP contribution in [0.3, 0.4) is 0 Å². The molecule has 1 aliphatic carbocycles. The lowest BCUT2D eigenvalue weighted by Gasteiger charge is -2.60. The van der Waals surface area contributed by atoms with Crippen LogP contribution in [0.4, 0.5) is 0 Å². The number of benzene rings is 2. The number of aromatic amines is 1. The van der Waals surface area contributed by atoms with E-state index >= 15 is 0 Å². The first-order valence-electron chi connectivity index (χ1n) is 9.88. The van der Waals surface area contributed by atoms with Gasteiger partial charge in [0.05, 0.1) is 17.4 Å². The summed E-state index contributed by atoms with van der Waals surface area (Å²) in [6, 6.07) is 11.5. The van der Waals surface area contributed by atoms with E-state index in [1.807, 2.05) is 29.2 Å². The summed E-state index contributed by atoms with van der Waals surface area (Å²) in [4.78, 5) is 22.8. The number of nitrogens with one attached hydrogen (secondary N) is 1. The predicted octanol–water partition coefficient (Wildman–Crippen LogP) is 4.02. The molecule has 1 amide bonds. The smallest absolute Gasteiger partial charge is 0.254 e. The number of aromatic hydroxyl groups is 1. The fraction of sp³-hybridized carbons (Fsp3) is 0.391. The van der Waals surface area contributed by atoms with Crippen molar-refractivity contribution in [2.75, 3.05) is 6.54 Å². The molecule has 5 rings (SSSR count). The third-order valence-corrected chi connectivity index (χ3v) is 7.56. The molecule has 2 aromatic carbocycles. The van der Waals surface area contributed by atoms with Gasteiger partial charge < -0.3 is 15.0 Å². The zero-order chi connectivity index (χ0) is 19.7. The van der Waals surface area contributed by atoms with Crippen molar-refractivity contribution in [3.63, 3.8) is 0 Å². The van der Waals surface area contributed by atoms with Crippen LogP contribution < -0.4 is 0 Å². The molecule has 1 unspecified atom stereocenters. The van der Waals surface area contributed by atoms with Gasteiger partial charge in [-0.15, -0.1) is 0 Å². The molecule has 2 atom stereocenters. The summed E-state index contributed by atoms with van der Waals surface area (Å²) < 4.78 is 0. The largest absolute Gasteiger partial charge is 0.508 e. The first kappa shape index (κ1) is 17.3. The molecule has 2 bridgehead atoms. The van der Waals surface area contributed by atoms with Crippen LogP contribution in [0.25, 0.3) is 11.0 Å². The van der Waals surface area contributed by atoms with Crippen LogP contribution in [0, 0.1) is 5.41 Å². The minimum atomic E-state index is -0.0974.